The molecule has 0 radical (unpaired) electrons. The van der Waals surface area contributed by atoms with Crippen LogP contribution in [0, 0.1) is 11.8 Å². The molecule has 0 bridgehead atoms. The maximum absolute atomic E-state index is 8.90. The quantitative estimate of drug-likeness (QED) is 0.656. The highest BCUT2D eigenvalue weighted by Crippen LogP contribution is 2.44. The molecule has 3 aromatic rings. The van der Waals surface area contributed by atoms with Gasteiger partial charge in [-0.1, -0.05) is 42.2 Å². The summed E-state index contributed by atoms with van der Waals surface area (Å²) in [5.41, 5.74) is 4.85. The third kappa shape index (κ3) is 3.79. The molecule has 1 unspecified atom stereocenters. The number of benzene rings is 1. The van der Waals surface area contributed by atoms with E-state index < -0.39 is 0 Å². The zero-order valence-electron chi connectivity index (χ0n) is 17.0. The van der Waals surface area contributed by atoms with Crippen molar-refractivity contribution in [2.24, 2.45) is 0 Å². The average Bonchev–Trinajstić information content (AvgIpc) is 3.37. The summed E-state index contributed by atoms with van der Waals surface area (Å²) in [6.07, 6.45) is 6.72. The van der Waals surface area contributed by atoms with Gasteiger partial charge in [0.1, 0.15) is 6.61 Å². The molecule has 5 heteroatoms. The molecule has 1 spiro atoms. The van der Waals surface area contributed by atoms with Crippen LogP contribution in [-0.2, 0) is 18.4 Å². The van der Waals surface area contributed by atoms with Crippen LogP contribution in [0.15, 0.2) is 48.0 Å². The summed E-state index contributed by atoms with van der Waals surface area (Å²) in [5, 5.41) is 11.0. The predicted molar refractivity (Wildman–Crippen MR) is 120 cm³/mol. The van der Waals surface area contributed by atoms with Gasteiger partial charge >= 0.3 is 0 Å². The molecule has 2 aliphatic rings. The molecule has 1 aliphatic heterocycles. The summed E-state index contributed by atoms with van der Waals surface area (Å²) >= 11 is 1.76. The molecule has 1 saturated heterocycles. The Hall–Kier alpha value is -2.52. The van der Waals surface area contributed by atoms with Gasteiger partial charge in [-0.15, -0.1) is 11.3 Å². The van der Waals surface area contributed by atoms with E-state index >= 15 is 0 Å². The molecule has 0 saturated carbocycles. The van der Waals surface area contributed by atoms with Gasteiger partial charge in [-0.3, -0.25) is 4.90 Å². The van der Waals surface area contributed by atoms with Crippen molar-refractivity contribution in [3.05, 3.63) is 69.7 Å². The van der Waals surface area contributed by atoms with Crippen molar-refractivity contribution in [1.82, 2.24) is 14.9 Å². The van der Waals surface area contributed by atoms with E-state index in [0.717, 1.165) is 43.0 Å². The molecule has 1 atom stereocenters. The first-order valence-corrected chi connectivity index (χ1v) is 11.5. The second-order valence-electron chi connectivity index (χ2n) is 8.29. The zero-order chi connectivity index (χ0) is 20.4. The minimum absolute atomic E-state index is 0.0912. The Kier molecular flexibility index (Phi) is 5.39. The summed E-state index contributed by atoms with van der Waals surface area (Å²) in [6, 6.07) is 12.5. The molecule has 152 valence electrons. The number of rotatable bonds is 3. The molecule has 5 rings (SSSR count). The van der Waals surface area contributed by atoms with Gasteiger partial charge in [-0.05, 0) is 43.9 Å². The minimum Gasteiger partial charge on any atom is -0.384 e. The van der Waals surface area contributed by atoms with E-state index in [9.17, 15) is 0 Å². The highest BCUT2D eigenvalue weighted by molar-refractivity contribution is 7.10. The molecular formula is C25H25N3OS. The molecule has 0 amide bonds. The predicted octanol–water partition coefficient (Wildman–Crippen LogP) is 4.03. The molecule has 1 aliphatic carbocycles. The van der Waals surface area contributed by atoms with Crippen LogP contribution in [0.25, 0.3) is 11.4 Å². The minimum atomic E-state index is -0.0912. The number of thiophene rings is 1. The number of nitrogens with zero attached hydrogens (tertiary/aromatic N) is 3. The number of likely N-dealkylation sites (tertiary alicyclic amines) is 1. The SMILES string of the molecule is OCC#Cc1csc(CN2CCCC3(CCc4cnc(-c5ccccc5)nc43)C2)c1. The van der Waals surface area contributed by atoms with Crippen molar-refractivity contribution in [2.75, 3.05) is 19.7 Å². The Morgan fingerprint density at radius 1 is 1.20 bits per heavy atom. The Morgan fingerprint density at radius 2 is 2.10 bits per heavy atom. The van der Waals surface area contributed by atoms with Crippen molar-refractivity contribution in [1.29, 1.82) is 0 Å². The van der Waals surface area contributed by atoms with Gasteiger partial charge in [0.15, 0.2) is 5.82 Å². The molecule has 2 aromatic heterocycles. The number of aryl methyl sites for hydroxylation is 1. The Labute approximate surface area is 181 Å². The number of hydrogen-bond acceptors (Lipinski definition) is 5. The van der Waals surface area contributed by atoms with Gasteiger partial charge in [0, 0.05) is 46.1 Å². The first-order chi connectivity index (χ1) is 14.8. The first kappa shape index (κ1) is 19.4. The second-order valence-corrected chi connectivity index (χ2v) is 9.29. The number of aliphatic hydroxyl groups is 1. The number of piperidine rings is 1. The summed E-state index contributed by atoms with van der Waals surface area (Å²) in [4.78, 5) is 13.7. The van der Waals surface area contributed by atoms with E-state index in [1.54, 1.807) is 11.3 Å². The molecule has 1 fully saturated rings. The van der Waals surface area contributed by atoms with Crippen LogP contribution in [0.3, 0.4) is 0 Å². The summed E-state index contributed by atoms with van der Waals surface area (Å²) in [5.74, 6) is 6.59. The van der Waals surface area contributed by atoms with E-state index in [-0.39, 0.29) is 12.0 Å². The van der Waals surface area contributed by atoms with Gasteiger partial charge in [0.2, 0.25) is 0 Å². The maximum atomic E-state index is 8.90. The number of hydrogen-bond donors (Lipinski definition) is 1. The fraction of sp³-hybridized carbons (Fsp3) is 0.360. The van der Waals surface area contributed by atoms with Crippen LogP contribution in [-0.4, -0.2) is 39.7 Å². The van der Waals surface area contributed by atoms with Gasteiger partial charge < -0.3 is 5.11 Å². The Balaban J connectivity index is 1.38. The van der Waals surface area contributed by atoms with Crippen LogP contribution in [0.5, 0.6) is 0 Å². The lowest BCUT2D eigenvalue weighted by Crippen LogP contribution is -2.44. The molecule has 30 heavy (non-hydrogen) atoms. The van der Waals surface area contributed by atoms with Crippen LogP contribution in [0.1, 0.15) is 41.0 Å². The highest BCUT2D eigenvalue weighted by atomic mass is 32.1. The number of aromatic nitrogens is 2. The van der Waals surface area contributed by atoms with Crippen LogP contribution in [0.4, 0.5) is 0 Å². The summed E-state index contributed by atoms with van der Waals surface area (Å²) in [6.45, 7) is 3.05. The van der Waals surface area contributed by atoms with Crippen molar-refractivity contribution < 1.29 is 5.11 Å². The molecule has 3 heterocycles. The lowest BCUT2D eigenvalue weighted by atomic mass is 9.77. The topological polar surface area (TPSA) is 49.2 Å². The van der Waals surface area contributed by atoms with Crippen LogP contribution in [0.2, 0.25) is 0 Å². The largest absolute Gasteiger partial charge is 0.384 e. The smallest absolute Gasteiger partial charge is 0.159 e. The third-order valence-corrected chi connectivity index (χ3v) is 7.19. The van der Waals surface area contributed by atoms with Crippen LogP contribution < -0.4 is 0 Å². The molecular weight excluding hydrogens is 390 g/mol. The van der Waals surface area contributed by atoms with Gasteiger partial charge in [-0.25, -0.2) is 9.97 Å². The Morgan fingerprint density at radius 3 is 2.97 bits per heavy atom. The van der Waals surface area contributed by atoms with E-state index in [2.05, 4.69) is 51.5 Å². The van der Waals surface area contributed by atoms with E-state index in [0.29, 0.717) is 0 Å². The highest BCUT2D eigenvalue weighted by Gasteiger charge is 2.43. The van der Waals surface area contributed by atoms with E-state index in [1.165, 1.54) is 35.4 Å². The second kappa shape index (κ2) is 8.31. The van der Waals surface area contributed by atoms with Crippen molar-refractivity contribution >= 4 is 11.3 Å². The fourth-order valence-electron chi connectivity index (χ4n) is 4.92. The normalized spacial score (nSPS) is 20.7. The third-order valence-electron chi connectivity index (χ3n) is 6.27. The number of fused-ring (bicyclic) bond motifs is 2. The Bertz CT molecular complexity index is 1090. The lowest BCUT2D eigenvalue weighted by molar-refractivity contribution is 0.138. The maximum Gasteiger partial charge on any atom is 0.159 e. The van der Waals surface area contributed by atoms with Crippen LogP contribution >= 0.6 is 11.3 Å². The zero-order valence-corrected chi connectivity index (χ0v) is 17.8. The molecule has 4 nitrogen and oxygen atoms in total. The fourth-order valence-corrected chi connectivity index (χ4v) is 5.78. The molecule has 1 N–H and O–H groups in total. The number of aliphatic hydroxyl groups excluding tert-OH is 1. The van der Waals surface area contributed by atoms with Crippen molar-refractivity contribution in [3.8, 4) is 23.2 Å². The standard InChI is InChI=1S/C25H25N3OS/c29-13-4-6-19-14-22(30-17-19)16-28-12-5-10-25(18-28)11-9-21-15-26-24(27-23(21)25)20-7-2-1-3-8-20/h1-3,7-8,14-15,17,29H,5,9-13,16,18H2. The first-order valence-electron chi connectivity index (χ1n) is 10.6. The summed E-state index contributed by atoms with van der Waals surface area (Å²) < 4.78 is 0. The lowest BCUT2D eigenvalue weighted by Gasteiger charge is -2.40. The van der Waals surface area contributed by atoms with Crippen molar-refractivity contribution in [2.45, 2.75) is 37.6 Å². The molecule has 1 aromatic carbocycles. The van der Waals surface area contributed by atoms with Gasteiger partial charge in [-0.2, -0.15) is 0 Å². The van der Waals surface area contributed by atoms with E-state index in [1.807, 2.05) is 18.2 Å². The average molecular weight is 416 g/mol. The monoisotopic (exact) mass is 415 g/mol. The van der Waals surface area contributed by atoms with Gasteiger partial charge in [0.25, 0.3) is 0 Å². The van der Waals surface area contributed by atoms with Crippen molar-refractivity contribution in [3.63, 3.8) is 0 Å². The van der Waals surface area contributed by atoms with Gasteiger partial charge in [0.05, 0.1) is 5.69 Å². The van der Waals surface area contributed by atoms with E-state index in [4.69, 9.17) is 10.1 Å². The summed E-state index contributed by atoms with van der Waals surface area (Å²) in [7, 11) is 0.